The second kappa shape index (κ2) is 6.71. The Balaban J connectivity index is 0.000000671. The van der Waals surface area contributed by atoms with E-state index < -0.39 is 0 Å². The maximum absolute atomic E-state index is 2.33. The molecular weight excluding hydrogens is 156 g/mol. The lowest BCUT2D eigenvalue weighted by Gasteiger charge is -2.07. The zero-order valence-electron chi connectivity index (χ0n) is 9.59. The van der Waals surface area contributed by atoms with Crippen LogP contribution in [0.4, 0.5) is 0 Å². The molecular formula is C13H22. The van der Waals surface area contributed by atoms with Gasteiger partial charge in [0.15, 0.2) is 0 Å². The highest BCUT2D eigenvalue weighted by molar-refractivity contribution is 5.22. The first kappa shape index (κ1) is 12.2. The average Bonchev–Trinajstić information content (AvgIpc) is 2.05. The monoisotopic (exact) mass is 178 g/mol. The molecule has 0 heterocycles. The first-order chi connectivity index (χ1) is 6.18. The van der Waals surface area contributed by atoms with Crippen molar-refractivity contribution in [1.29, 1.82) is 0 Å². The second-order valence-electron chi connectivity index (χ2n) is 3.45. The topological polar surface area (TPSA) is 0 Å². The third-order valence-electron chi connectivity index (χ3n) is 1.90. The van der Waals surface area contributed by atoms with Crippen molar-refractivity contribution in [3.05, 3.63) is 35.5 Å². The molecule has 1 atom stereocenters. The van der Waals surface area contributed by atoms with Crippen molar-refractivity contribution in [3.63, 3.8) is 0 Å². The summed E-state index contributed by atoms with van der Waals surface area (Å²) in [5.41, 5.74) is 2.93. The SMILES string of the molecule is C/C1=C/C=CC(C)/C=C(/C)C1.CC. The fraction of sp³-hybridized carbons (Fsp3) is 0.538. The fourth-order valence-electron chi connectivity index (χ4n) is 1.46. The van der Waals surface area contributed by atoms with Crippen molar-refractivity contribution >= 4 is 0 Å². The molecule has 0 heteroatoms. The average molecular weight is 178 g/mol. The highest BCUT2D eigenvalue weighted by atomic mass is 14.0. The fourth-order valence-corrected chi connectivity index (χ4v) is 1.46. The van der Waals surface area contributed by atoms with Gasteiger partial charge in [0.1, 0.15) is 0 Å². The summed E-state index contributed by atoms with van der Waals surface area (Å²) in [6.45, 7) is 10.6. The molecule has 1 unspecified atom stereocenters. The number of allylic oxidation sites excluding steroid dienone is 6. The normalized spacial score (nSPS) is 29.8. The Kier molecular flexibility index (Phi) is 6.30. The molecule has 1 aliphatic rings. The van der Waals surface area contributed by atoms with Crippen molar-refractivity contribution in [2.24, 2.45) is 5.92 Å². The number of hydrogen-bond acceptors (Lipinski definition) is 0. The van der Waals surface area contributed by atoms with Crippen LogP contribution in [0.2, 0.25) is 0 Å². The van der Waals surface area contributed by atoms with Gasteiger partial charge in [0.2, 0.25) is 0 Å². The Morgan fingerprint density at radius 3 is 2.38 bits per heavy atom. The van der Waals surface area contributed by atoms with Gasteiger partial charge >= 0.3 is 0 Å². The van der Waals surface area contributed by atoms with E-state index >= 15 is 0 Å². The highest BCUT2D eigenvalue weighted by Crippen LogP contribution is 2.15. The van der Waals surface area contributed by atoms with E-state index in [0.29, 0.717) is 5.92 Å². The molecule has 0 saturated heterocycles. The van der Waals surface area contributed by atoms with Crippen molar-refractivity contribution in [1.82, 2.24) is 0 Å². The summed E-state index contributed by atoms with van der Waals surface area (Å²) < 4.78 is 0. The van der Waals surface area contributed by atoms with E-state index in [4.69, 9.17) is 0 Å². The highest BCUT2D eigenvalue weighted by Gasteiger charge is 1.97. The third kappa shape index (κ3) is 5.46. The van der Waals surface area contributed by atoms with Gasteiger partial charge in [-0.3, -0.25) is 0 Å². The summed E-state index contributed by atoms with van der Waals surface area (Å²) in [6, 6.07) is 0. The van der Waals surface area contributed by atoms with Gasteiger partial charge in [0, 0.05) is 0 Å². The molecule has 0 bridgehead atoms. The number of rotatable bonds is 0. The van der Waals surface area contributed by atoms with Crippen LogP contribution in [0.1, 0.15) is 41.0 Å². The van der Waals surface area contributed by atoms with E-state index in [1.165, 1.54) is 11.1 Å². The van der Waals surface area contributed by atoms with Crippen LogP contribution in [0.25, 0.3) is 0 Å². The van der Waals surface area contributed by atoms with Gasteiger partial charge in [-0.25, -0.2) is 0 Å². The van der Waals surface area contributed by atoms with Gasteiger partial charge in [-0.1, -0.05) is 56.2 Å². The zero-order chi connectivity index (χ0) is 10.3. The standard InChI is InChI=1S/C11H16.C2H6/c1-9-5-4-6-10(2)8-11(3)7-9;1-2/h4-7,9H,8H2,1-3H3;1-2H3/b5-4?,10-6-,11-7-;. The van der Waals surface area contributed by atoms with Crippen molar-refractivity contribution < 1.29 is 0 Å². The molecule has 0 aromatic carbocycles. The summed E-state index contributed by atoms with van der Waals surface area (Å²) in [6.07, 6.45) is 10.0. The van der Waals surface area contributed by atoms with Gasteiger partial charge in [-0.05, 0) is 26.2 Å². The van der Waals surface area contributed by atoms with E-state index in [0.717, 1.165) is 6.42 Å². The Morgan fingerprint density at radius 1 is 1.15 bits per heavy atom. The van der Waals surface area contributed by atoms with Crippen LogP contribution in [0.5, 0.6) is 0 Å². The lowest BCUT2D eigenvalue weighted by atomic mass is 9.99. The van der Waals surface area contributed by atoms with E-state index in [1.54, 1.807) is 0 Å². The smallest absolute Gasteiger partial charge is 0.00761 e. The summed E-state index contributed by atoms with van der Waals surface area (Å²) in [7, 11) is 0. The molecule has 0 saturated carbocycles. The zero-order valence-corrected chi connectivity index (χ0v) is 9.59. The molecule has 0 radical (unpaired) electrons. The van der Waals surface area contributed by atoms with Gasteiger partial charge < -0.3 is 0 Å². The van der Waals surface area contributed by atoms with Crippen LogP contribution in [0.3, 0.4) is 0 Å². The van der Waals surface area contributed by atoms with Gasteiger partial charge in [0.25, 0.3) is 0 Å². The second-order valence-corrected chi connectivity index (χ2v) is 3.45. The molecule has 1 aliphatic carbocycles. The molecule has 74 valence electrons. The summed E-state index contributed by atoms with van der Waals surface area (Å²) in [5.74, 6) is 0.597. The summed E-state index contributed by atoms with van der Waals surface area (Å²) in [4.78, 5) is 0. The minimum absolute atomic E-state index is 0.597. The van der Waals surface area contributed by atoms with E-state index in [1.807, 2.05) is 13.8 Å². The lowest BCUT2D eigenvalue weighted by molar-refractivity contribution is 0.904. The first-order valence-corrected chi connectivity index (χ1v) is 5.20. The van der Waals surface area contributed by atoms with Gasteiger partial charge in [-0.2, -0.15) is 0 Å². The molecule has 0 aromatic rings. The maximum Gasteiger partial charge on any atom is -0.00761 e. The molecule has 0 nitrogen and oxygen atoms in total. The molecule has 0 spiro atoms. The minimum Gasteiger partial charge on any atom is -0.0786 e. The predicted molar refractivity (Wildman–Crippen MR) is 61.8 cm³/mol. The van der Waals surface area contributed by atoms with Crippen molar-refractivity contribution in [3.8, 4) is 0 Å². The van der Waals surface area contributed by atoms with Crippen LogP contribution in [-0.4, -0.2) is 0 Å². The van der Waals surface area contributed by atoms with E-state index in [-0.39, 0.29) is 0 Å². The minimum atomic E-state index is 0.597. The quantitative estimate of drug-likeness (QED) is 0.479. The van der Waals surface area contributed by atoms with Crippen molar-refractivity contribution in [2.75, 3.05) is 0 Å². The molecule has 0 aromatic heterocycles. The van der Waals surface area contributed by atoms with Crippen LogP contribution in [-0.2, 0) is 0 Å². The summed E-state index contributed by atoms with van der Waals surface area (Å²) in [5, 5.41) is 0. The molecule has 13 heavy (non-hydrogen) atoms. The molecule has 0 fully saturated rings. The first-order valence-electron chi connectivity index (χ1n) is 5.20. The van der Waals surface area contributed by atoms with E-state index in [2.05, 4.69) is 45.1 Å². The Bertz CT molecular complexity index is 216. The predicted octanol–water partition coefficient (Wildman–Crippen LogP) is 4.50. The van der Waals surface area contributed by atoms with Crippen LogP contribution in [0, 0.1) is 5.92 Å². The molecule has 0 aliphatic heterocycles. The van der Waals surface area contributed by atoms with Crippen molar-refractivity contribution in [2.45, 2.75) is 41.0 Å². The number of hydrogen-bond donors (Lipinski definition) is 0. The maximum atomic E-state index is 2.33. The summed E-state index contributed by atoms with van der Waals surface area (Å²) >= 11 is 0. The molecule has 1 rings (SSSR count). The van der Waals surface area contributed by atoms with E-state index in [9.17, 15) is 0 Å². The molecule has 0 amide bonds. The Morgan fingerprint density at radius 2 is 1.77 bits per heavy atom. The molecule has 0 N–H and O–H groups in total. The van der Waals surface area contributed by atoms with Crippen LogP contribution >= 0.6 is 0 Å². The van der Waals surface area contributed by atoms with Crippen LogP contribution < -0.4 is 0 Å². The Hall–Kier alpha value is -0.780. The Labute approximate surface area is 83.0 Å². The third-order valence-corrected chi connectivity index (χ3v) is 1.90. The largest absolute Gasteiger partial charge is 0.0786 e. The van der Waals surface area contributed by atoms with Gasteiger partial charge in [0.05, 0.1) is 0 Å². The lowest BCUT2D eigenvalue weighted by Crippen LogP contribution is -1.89. The van der Waals surface area contributed by atoms with Gasteiger partial charge in [-0.15, -0.1) is 0 Å². The van der Waals surface area contributed by atoms with Crippen LogP contribution in [0.15, 0.2) is 35.5 Å².